The summed E-state index contributed by atoms with van der Waals surface area (Å²) in [7, 11) is 0. The molecule has 0 radical (unpaired) electrons. The van der Waals surface area contributed by atoms with E-state index in [1.54, 1.807) is 0 Å². The zero-order valence-corrected chi connectivity index (χ0v) is 15.7. The summed E-state index contributed by atoms with van der Waals surface area (Å²) in [5.74, 6) is 1.12. The predicted molar refractivity (Wildman–Crippen MR) is 98.6 cm³/mol. The topological polar surface area (TPSA) is 38.8 Å². The molecule has 140 valence electrons. The van der Waals surface area contributed by atoms with E-state index in [4.69, 9.17) is 9.47 Å². The Balaban J connectivity index is 1.55. The standard InChI is InChI=1S/C22H29NO3/c1-16-19-9-12-23(15-17-7-8-17)20(24)21(19,18-5-3-2-4-6-18)10-11-22(16)25-13-14-26-22/h2-6,16-17,19H,7-15H2,1H3/t16-,19-,21?/m0/s1. The first-order valence-electron chi connectivity index (χ1n) is 10.3. The van der Waals surface area contributed by atoms with Crippen LogP contribution in [0.2, 0.25) is 0 Å². The molecule has 4 fully saturated rings. The van der Waals surface area contributed by atoms with E-state index in [0.29, 0.717) is 19.1 Å². The van der Waals surface area contributed by atoms with Crippen molar-refractivity contribution in [2.75, 3.05) is 26.3 Å². The maximum Gasteiger partial charge on any atom is 0.233 e. The summed E-state index contributed by atoms with van der Waals surface area (Å²) in [5, 5.41) is 0. The third-order valence-corrected chi connectivity index (χ3v) is 7.42. The van der Waals surface area contributed by atoms with Crippen LogP contribution in [0.4, 0.5) is 0 Å². The SMILES string of the molecule is C[C@H]1[C@@H]2CCN(CC3CC3)C(=O)C2(c2ccccc2)CCC12OCCO2. The molecular weight excluding hydrogens is 326 g/mol. The van der Waals surface area contributed by atoms with Crippen LogP contribution in [0.25, 0.3) is 0 Å². The van der Waals surface area contributed by atoms with Gasteiger partial charge in [0.15, 0.2) is 5.79 Å². The molecule has 0 bridgehead atoms. The molecule has 1 amide bonds. The molecule has 1 unspecified atom stereocenters. The Bertz CT molecular complexity index is 680. The first-order chi connectivity index (χ1) is 12.7. The molecule has 2 saturated carbocycles. The maximum absolute atomic E-state index is 13.8. The molecule has 2 saturated heterocycles. The van der Waals surface area contributed by atoms with E-state index >= 15 is 0 Å². The van der Waals surface area contributed by atoms with Crippen molar-refractivity contribution in [2.45, 2.75) is 50.2 Å². The van der Waals surface area contributed by atoms with Crippen LogP contribution < -0.4 is 0 Å². The van der Waals surface area contributed by atoms with E-state index in [2.05, 4.69) is 36.1 Å². The molecule has 5 rings (SSSR count). The number of fused-ring (bicyclic) bond motifs is 1. The predicted octanol–water partition coefficient (Wildman–Crippen LogP) is 3.36. The molecule has 2 heterocycles. The number of benzene rings is 1. The fraction of sp³-hybridized carbons (Fsp3) is 0.682. The van der Waals surface area contributed by atoms with Crippen molar-refractivity contribution >= 4 is 5.91 Å². The average Bonchev–Trinajstić information content (AvgIpc) is 3.37. The molecule has 4 heteroatoms. The Kier molecular flexibility index (Phi) is 3.91. The van der Waals surface area contributed by atoms with Gasteiger partial charge in [-0.05, 0) is 43.1 Å². The molecule has 26 heavy (non-hydrogen) atoms. The van der Waals surface area contributed by atoms with Crippen LogP contribution in [-0.4, -0.2) is 42.9 Å². The lowest BCUT2D eigenvalue weighted by molar-refractivity contribution is -0.238. The van der Waals surface area contributed by atoms with Crippen molar-refractivity contribution < 1.29 is 14.3 Å². The second-order valence-electron chi connectivity index (χ2n) is 8.72. The van der Waals surface area contributed by atoms with E-state index in [0.717, 1.165) is 38.3 Å². The molecule has 3 atom stereocenters. The average molecular weight is 355 g/mol. The zero-order chi connectivity index (χ0) is 17.8. The number of carbonyl (C=O) groups excluding carboxylic acids is 1. The Morgan fingerprint density at radius 1 is 1.08 bits per heavy atom. The zero-order valence-electron chi connectivity index (χ0n) is 15.7. The number of nitrogens with zero attached hydrogens (tertiary/aromatic N) is 1. The van der Waals surface area contributed by atoms with Crippen molar-refractivity contribution in [2.24, 2.45) is 17.8 Å². The highest BCUT2D eigenvalue weighted by molar-refractivity contribution is 5.90. The lowest BCUT2D eigenvalue weighted by atomic mass is 9.54. The van der Waals surface area contributed by atoms with Gasteiger partial charge in [0.2, 0.25) is 5.91 Å². The number of hydrogen-bond acceptors (Lipinski definition) is 3. The minimum Gasteiger partial charge on any atom is -0.347 e. The summed E-state index contributed by atoms with van der Waals surface area (Å²) in [6, 6.07) is 10.5. The number of amides is 1. The fourth-order valence-electron chi connectivity index (χ4n) is 5.84. The molecule has 2 aliphatic heterocycles. The minimum absolute atomic E-state index is 0.228. The molecule has 0 aromatic heterocycles. The van der Waals surface area contributed by atoms with Crippen LogP contribution in [0.5, 0.6) is 0 Å². The molecule has 1 aromatic carbocycles. The number of ether oxygens (including phenoxy) is 2. The quantitative estimate of drug-likeness (QED) is 0.835. The van der Waals surface area contributed by atoms with Crippen molar-refractivity contribution in [3.8, 4) is 0 Å². The van der Waals surface area contributed by atoms with E-state index in [9.17, 15) is 4.79 Å². The number of likely N-dealkylation sites (tertiary alicyclic amines) is 1. The molecule has 1 aromatic rings. The first kappa shape index (κ1) is 16.8. The Labute approximate surface area is 155 Å². The van der Waals surface area contributed by atoms with Crippen molar-refractivity contribution in [1.29, 1.82) is 0 Å². The van der Waals surface area contributed by atoms with Crippen LogP contribution in [-0.2, 0) is 19.7 Å². The van der Waals surface area contributed by atoms with E-state index in [-0.39, 0.29) is 11.8 Å². The highest BCUT2D eigenvalue weighted by atomic mass is 16.7. The van der Waals surface area contributed by atoms with E-state index < -0.39 is 11.2 Å². The van der Waals surface area contributed by atoms with Gasteiger partial charge in [0, 0.05) is 25.4 Å². The van der Waals surface area contributed by atoms with Gasteiger partial charge in [-0.25, -0.2) is 0 Å². The van der Waals surface area contributed by atoms with Gasteiger partial charge in [-0.3, -0.25) is 4.79 Å². The fourth-order valence-corrected chi connectivity index (χ4v) is 5.84. The second-order valence-corrected chi connectivity index (χ2v) is 8.72. The van der Waals surface area contributed by atoms with Gasteiger partial charge < -0.3 is 14.4 Å². The van der Waals surface area contributed by atoms with Gasteiger partial charge in [0.05, 0.1) is 18.6 Å². The monoisotopic (exact) mass is 355 g/mol. The van der Waals surface area contributed by atoms with Gasteiger partial charge in [0.1, 0.15) is 0 Å². The van der Waals surface area contributed by atoms with Gasteiger partial charge in [-0.1, -0.05) is 37.3 Å². The van der Waals surface area contributed by atoms with Crippen LogP contribution in [0, 0.1) is 17.8 Å². The number of rotatable bonds is 3. The van der Waals surface area contributed by atoms with Gasteiger partial charge in [-0.15, -0.1) is 0 Å². The van der Waals surface area contributed by atoms with Crippen molar-refractivity contribution in [1.82, 2.24) is 4.90 Å². The second kappa shape index (κ2) is 6.07. The lowest BCUT2D eigenvalue weighted by Gasteiger charge is -2.56. The van der Waals surface area contributed by atoms with E-state index in [1.165, 1.54) is 18.4 Å². The molecule has 4 nitrogen and oxygen atoms in total. The van der Waals surface area contributed by atoms with Crippen LogP contribution >= 0.6 is 0 Å². The molecular formula is C22H29NO3. The minimum atomic E-state index is -0.470. The summed E-state index contributed by atoms with van der Waals surface area (Å²) in [6.07, 6.45) is 5.25. The Morgan fingerprint density at radius 3 is 2.50 bits per heavy atom. The first-order valence-corrected chi connectivity index (χ1v) is 10.3. The summed E-state index contributed by atoms with van der Waals surface area (Å²) < 4.78 is 12.2. The molecule has 2 aliphatic carbocycles. The van der Waals surface area contributed by atoms with Crippen LogP contribution in [0.15, 0.2) is 30.3 Å². The van der Waals surface area contributed by atoms with Gasteiger partial charge >= 0.3 is 0 Å². The summed E-state index contributed by atoms with van der Waals surface area (Å²) in [6.45, 7) is 5.44. The van der Waals surface area contributed by atoms with E-state index in [1.807, 2.05) is 6.07 Å². The molecule has 0 N–H and O–H groups in total. The summed E-state index contributed by atoms with van der Waals surface area (Å²) in [4.78, 5) is 16.0. The molecule has 4 aliphatic rings. The highest BCUT2D eigenvalue weighted by Gasteiger charge is 2.62. The van der Waals surface area contributed by atoms with Crippen LogP contribution in [0.1, 0.15) is 44.6 Å². The Morgan fingerprint density at radius 2 is 1.81 bits per heavy atom. The number of piperidine rings is 1. The maximum atomic E-state index is 13.8. The summed E-state index contributed by atoms with van der Waals surface area (Å²) >= 11 is 0. The normalized spacial score (nSPS) is 36.3. The third kappa shape index (κ3) is 2.38. The molecule has 1 spiro atoms. The smallest absolute Gasteiger partial charge is 0.233 e. The number of carbonyl (C=O) groups is 1. The third-order valence-electron chi connectivity index (χ3n) is 7.42. The lowest BCUT2D eigenvalue weighted by Crippen LogP contribution is -2.64. The van der Waals surface area contributed by atoms with Crippen molar-refractivity contribution in [3.63, 3.8) is 0 Å². The summed E-state index contributed by atoms with van der Waals surface area (Å²) in [5.41, 5.74) is 0.782. The largest absolute Gasteiger partial charge is 0.347 e. The van der Waals surface area contributed by atoms with Crippen LogP contribution in [0.3, 0.4) is 0 Å². The van der Waals surface area contributed by atoms with Gasteiger partial charge in [0.25, 0.3) is 0 Å². The van der Waals surface area contributed by atoms with Crippen molar-refractivity contribution in [3.05, 3.63) is 35.9 Å². The highest BCUT2D eigenvalue weighted by Crippen LogP contribution is 2.56. The number of hydrogen-bond donors (Lipinski definition) is 0. The van der Waals surface area contributed by atoms with Gasteiger partial charge in [-0.2, -0.15) is 0 Å². The Hall–Kier alpha value is -1.39.